The Morgan fingerprint density at radius 1 is 1.10 bits per heavy atom. The van der Waals surface area contributed by atoms with E-state index in [0.717, 1.165) is 37.9 Å². The summed E-state index contributed by atoms with van der Waals surface area (Å²) in [4.78, 5) is 14.8. The van der Waals surface area contributed by atoms with Gasteiger partial charge < -0.3 is 9.42 Å². The van der Waals surface area contributed by atoms with Crippen molar-refractivity contribution in [1.82, 2.24) is 14.4 Å². The zero-order valence-electron chi connectivity index (χ0n) is 17.2. The first kappa shape index (κ1) is 20.8. The van der Waals surface area contributed by atoms with Crippen LogP contribution in [0.3, 0.4) is 0 Å². The molecule has 0 aliphatic carbocycles. The van der Waals surface area contributed by atoms with E-state index in [1.807, 2.05) is 35.2 Å². The summed E-state index contributed by atoms with van der Waals surface area (Å²) in [6.07, 6.45) is 6.89. The Bertz CT molecular complexity index is 1020. The van der Waals surface area contributed by atoms with Crippen LogP contribution in [0.15, 0.2) is 39.8 Å². The second kappa shape index (κ2) is 8.73. The third kappa shape index (κ3) is 4.20. The smallest absolute Gasteiger partial charge is 0.248 e. The third-order valence-corrected chi connectivity index (χ3v) is 7.83. The van der Waals surface area contributed by atoms with Gasteiger partial charge in [0, 0.05) is 26.2 Å². The quantitative estimate of drug-likeness (QED) is 0.729. The first-order valence-corrected chi connectivity index (χ1v) is 11.9. The summed E-state index contributed by atoms with van der Waals surface area (Å²) < 4.78 is 33.7. The summed E-state index contributed by atoms with van der Waals surface area (Å²) in [5.74, 6) is 0.0121. The molecule has 1 amide bonds. The molecule has 2 aliphatic rings. The van der Waals surface area contributed by atoms with Crippen LogP contribution in [0.4, 0.5) is 0 Å². The number of aryl methyl sites for hydroxylation is 1. The van der Waals surface area contributed by atoms with E-state index in [1.54, 1.807) is 19.1 Å². The maximum atomic E-state index is 13.5. The van der Waals surface area contributed by atoms with Crippen molar-refractivity contribution < 1.29 is 17.7 Å². The van der Waals surface area contributed by atoms with Crippen molar-refractivity contribution in [2.24, 2.45) is 5.92 Å². The Labute approximate surface area is 177 Å². The first-order valence-electron chi connectivity index (χ1n) is 10.4. The maximum absolute atomic E-state index is 13.5. The lowest BCUT2D eigenvalue weighted by Gasteiger charge is -2.33. The largest absolute Gasteiger partial charge is 0.355 e. The molecule has 3 heterocycles. The maximum Gasteiger partial charge on any atom is 0.248 e. The minimum absolute atomic E-state index is 0.0821. The lowest BCUT2D eigenvalue weighted by Crippen LogP contribution is -2.46. The van der Waals surface area contributed by atoms with Crippen molar-refractivity contribution in [3.63, 3.8) is 0 Å². The van der Waals surface area contributed by atoms with Crippen molar-refractivity contribution in [1.29, 1.82) is 0 Å². The molecule has 0 N–H and O–H groups in total. The summed E-state index contributed by atoms with van der Waals surface area (Å²) in [5.41, 5.74) is 1.26. The zero-order chi connectivity index (χ0) is 21.1. The van der Waals surface area contributed by atoms with Crippen molar-refractivity contribution in [2.75, 3.05) is 26.2 Å². The van der Waals surface area contributed by atoms with Crippen LogP contribution < -0.4 is 0 Å². The van der Waals surface area contributed by atoms with Crippen molar-refractivity contribution in [3.8, 4) is 0 Å². The number of piperidine rings is 1. The number of likely N-dealkylation sites (tertiary alicyclic amines) is 1. The molecule has 1 aromatic heterocycles. The minimum atomic E-state index is -3.82. The predicted octanol–water partition coefficient (Wildman–Crippen LogP) is 3.18. The van der Waals surface area contributed by atoms with E-state index in [9.17, 15) is 13.2 Å². The number of hydrogen-bond donors (Lipinski definition) is 0. The van der Waals surface area contributed by atoms with Crippen LogP contribution in [0, 0.1) is 12.8 Å². The van der Waals surface area contributed by atoms with Gasteiger partial charge in [0.1, 0.15) is 5.69 Å². The van der Waals surface area contributed by atoms with Crippen LogP contribution in [-0.2, 0) is 14.8 Å². The molecule has 0 radical (unpaired) electrons. The van der Waals surface area contributed by atoms with E-state index in [0.29, 0.717) is 18.7 Å². The SMILES string of the molecule is Cc1noc(/C=C/c2ccccc2)c1S(=O)(=O)N1CCCC(C(=O)N2CCCC2)C1. The van der Waals surface area contributed by atoms with Crippen molar-refractivity contribution in [2.45, 2.75) is 37.5 Å². The van der Waals surface area contributed by atoms with Crippen LogP contribution in [0.2, 0.25) is 0 Å². The van der Waals surface area contributed by atoms with Gasteiger partial charge in [-0.15, -0.1) is 0 Å². The van der Waals surface area contributed by atoms with E-state index in [4.69, 9.17) is 4.52 Å². The highest BCUT2D eigenvalue weighted by Gasteiger charge is 2.38. The molecule has 1 atom stereocenters. The molecule has 1 unspecified atom stereocenters. The van der Waals surface area contributed by atoms with E-state index in [2.05, 4.69) is 5.16 Å². The predicted molar refractivity (Wildman–Crippen MR) is 114 cm³/mol. The minimum Gasteiger partial charge on any atom is -0.355 e. The topological polar surface area (TPSA) is 83.7 Å². The molecule has 160 valence electrons. The van der Waals surface area contributed by atoms with Crippen LogP contribution in [0.25, 0.3) is 12.2 Å². The van der Waals surface area contributed by atoms with Crippen LogP contribution in [0.1, 0.15) is 42.7 Å². The summed E-state index contributed by atoms with van der Waals surface area (Å²) in [7, 11) is -3.82. The zero-order valence-corrected chi connectivity index (χ0v) is 18.0. The first-order chi connectivity index (χ1) is 14.5. The van der Waals surface area contributed by atoms with Gasteiger partial charge in [-0.25, -0.2) is 8.42 Å². The van der Waals surface area contributed by atoms with Gasteiger partial charge in [-0.1, -0.05) is 41.6 Å². The highest BCUT2D eigenvalue weighted by molar-refractivity contribution is 7.89. The summed E-state index contributed by atoms with van der Waals surface area (Å²) in [6, 6.07) is 9.59. The number of benzene rings is 1. The van der Waals surface area contributed by atoms with E-state index in [-0.39, 0.29) is 29.0 Å². The van der Waals surface area contributed by atoms with Crippen LogP contribution >= 0.6 is 0 Å². The molecule has 30 heavy (non-hydrogen) atoms. The molecular formula is C22H27N3O4S. The molecule has 2 saturated heterocycles. The molecule has 4 rings (SSSR count). The molecule has 7 nitrogen and oxygen atoms in total. The summed E-state index contributed by atoms with van der Waals surface area (Å²) in [6.45, 7) is 3.80. The molecule has 2 aliphatic heterocycles. The van der Waals surface area contributed by atoms with Crippen LogP contribution in [-0.4, -0.2) is 54.9 Å². The average Bonchev–Trinajstić information content (AvgIpc) is 3.43. The molecule has 1 aromatic carbocycles. The Morgan fingerprint density at radius 3 is 2.57 bits per heavy atom. The van der Waals surface area contributed by atoms with Gasteiger partial charge >= 0.3 is 0 Å². The number of carbonyl (C=O) groups excluding carboxylic acids is 1. The number of aromatic nitrogens is 1. The van der Waals surface area contributed by atoms with Gasteiger partial charge in [0.05, 0.1) is 5.92 Å². The van der Waals surface area contributed by atoms with Gasteiger partial charge in [0.15, 0.2) is 10.7 Å². The lowest BCUT2D eigenvalue weighted by atomic mass is 9.98. The van der Waals surface area contributed by atoms with E-state index < -0.39 is 10.0 Å². The molecular weight excluding hydrogens is 402 g/mol. The number of amides is 1. The average molecular weight is 430 g/mol. The molecule has 2 aromatic rings. The van der Waals surface area contributed by atoms with Gasteiger partial charge in [0.25, 0.3) is 0 Å². The van der Waals surface area contributed by atoms with Gasteiger partial charge in [0.2, 0.25) is 15.9 Å². The molecule has 0 saturated carbocycles. The molecule has 0 bridgehead atoms. The summed E-state index contributed by atoms with van der Waals surface area (Å²) >= 11 is 0. The summed E-state index contributed by atoms with van der Waals surface area (Å²) in [5, 5.41) is 3.90. The number of hydrogen-bond acceptors (Lipinski definition) is 5. The van der Waals surface area contributed by atoms with Crippen molar-refractivity contribution in [3.05, 3.63) is 47.3 Å². The molecule has 0 spiro atoms. The fourth-order valence-electron chi connectivity index (χ4n) is 4.22. The van der Waals surface area contributed by atoms with Gasteiger partial charge in [-0.3, -0.25) is 4.79 Å². The number of carbonyl (C=O) groups is 1. The van der Waals surface area contributed by atoms with E-state index in [1.165, 1.54) is 4.31 Å². The standard InChI is InChI=1S/C22H27N3O4S/c1-17-21(20(29-23-17)12-11-18-8-3-2-4-9-18)30(27,28)25-15-7-10-19(16-25)22(26)24-13-5-6-14-24/h2-4,8-9,11-12,19H,5-7,10,13-16H2,1H3/b12-11+. The fourth-order valence-corrected chi connectivity index (χ4v) is 6.00. The number of nitrogens with zero attached hydrogens (tertiary/aromatic N) is 3. The third-order valence-electron chi connectivity index (χ3n) is 5.81. The van der Waals surface area contributed by atoms with E-state index >= 15 is 0 Å². The Kier molecular flexibility index (Phi) is 6.06. The fraction of sp³-hybridized carbons (Fsp3) is 0.455. The van der Waals surface area contributed by atoms with Crippen molar-refractivity contribution >= 4 is 28.1 Å². The second-order valence-corrected chi connectivity index (χ2v) is 9.81. The second-order valence-electron chi connectivity index (χ2n) is 7.94. The highest BCUT2D eigenvalue weighted by Crippen LogP contribution is 2.30. The Balaban J connectivity index is 1.56. The lowest BCUT2D eigenvalue weighted by molar-refractivity contribution is -0.135. The Morgan fingerprint density at radius 2 is 1.83 bits per heavy atom. The monoisotopic (exact) mass is 429 g/mol. The molecule has 2 fully saturated rings. The number of rotatable bonds is 5. The molecule has 8 heteroatoms. The highest BCUT2D eigenvalue weighted by atomic mass is 32.2. The Hall–Kier alpha value is -2.45. The normalized spacial score (nSPS) is 20.8. The van der Waals surface area contributed by atoms with Crippen LogP contribution in [0.5, 0.6) is 0 Å². The van der Waals surface area contributed by atoms with Gasteiger partial charge in [-0.05, 0) is 44.2 Å². The van der Waals surface area contributed by atoms with Gasteiger partial charge in [-0.2, -0.15) is 4.31 Å². The number of sulfonamides is 1.